The van der Waals surface area contributed by atoms with Gasteiger partial charge in [-0.05, 0) is 36.0 Å². The normalized spacial score (nSPS) is 47.9. The molecule has 1 aliphatic carbocycles. The van der Waals surface area contributed by atoms with Gasteiger partial charge in [-0.15, -0.1) is 0 Å². The number of rotatable bonds is 0. The fraction of sp³-hybridized carbons (Fsp3) is 0.579. The van der Waals surface area contributed by atoms with Gasteiger partial charge in [0.15, 0.2) is 0 Å². The van der Waals surface area contributed by atoms with Crippen LogP contribution in [0.2, 0.25) is 0 Å². The summed E-state index contributed by atoms with van der Waals surface area (Å²) in [5, 5.41) is 3.94. The van der Waals surface area contributed by atoms with Gasteiger partial charge in [-0.2, -0.15) is 0 Å². The summed E-state index contributed by atoms with van der Waals surface area (Å²) >= 11 is 0. The molecule has 3 heterocycles. The summed E-state index contributed by atoms with van der Waals surface area (Å²) in [6, 6.07) is 10.6. The first-order valence-corrected chi connectivity index (χ1v) is 8.61. The van der Waals surface area contributed by atoms with Gasteiger partial charge in [0.25, 0.3) is 0 Å². The SMILES string of the molecule is C/C=C1/C[NH+]2CC[C@]34c5ccccc5N[C@H]3[C@@H](C)[C@H]1C[C@H]24. The summed E-state index contributed by atoms with van der Waals surface area (Å²) in [6.45, 7) is 7.40. The van der Waals surface area contributed by atoms with Crippen molar-refractivity contribution in [2.45, 2.75) is 44.2 Å². The van der Waals surface area contributed by atoms with Gasteiger partial charge in [0.2, 0.25) is 0 Å². The first kappa shape index (κ1) is 12.3. The van der Waals surface area contributed by atoms with Crippen molar-refractivity contribution in [1.29, 1.82) is 0 Å². The molecule has 1 spiro atoms. The molecule has 2 saturated heterocycles. The third kappa shape index (κ3) is 1.29. The number of quaternary nitrogens is 1. The highest BCUT2D eigenvalue weighted by Gasteiger charge is 2.67. The predicted octanol–water partition coefficient (Wildman–Crippen LogP) is 1.99. The third-order valence-electron chi connectivity index (χ3n) is 7.20. The molecule has 1 saturated carbocycles. The molecule has 3 aliphatic heterocycles. The Balaban J connectivity index is 1.71. The van der Waals surface area contributed by atoms with Gasteiger partial charge in [0.1, 0.15) is 6.04 Å². The molecule has 2 bridgehead atoms. The van der Waals surface area contributed by atoms with E-state index in [1.165, 1.54) is 31.6 Å². The minimum absolute atomic E-state index is 0.418. The van der Waals surface area contributed by atoms with Crippen LogP contribution in [0.15, 0.2) is 35.9 Å². The summed E-state index contributed by atoms with van der Waals surface area (Å²) in [5.41, 5.74) is 5.19. The molecule has 1 unspecified atom stereocenters. The van der Waals surface area contributed by atoms with Crippen LogP contribution < -0.4 is 10.2 Å². The molecule has 1 aromatic carbocycles. The van der Waals surface area contributed by atoms with Crippen LogP contribution in [0.3, 0.4) is 0 Å². The molecule has 4 aliphatic rings. The molecule has 21 heavy (non-hydrogen) atoms. The van der Waals surface area contributed by atoms with E-state index < -0.39 is 0 Å². The molecule has 5 rings (SSSR count). The number of anilines is 1. The molecule has 110 valence electrons. The number of nitrogens with one attached hydrogen (secondary N) is 2. The summed E-state index contributed by atoms with van der Waals surface area (Å²) < 4.78 is 0. The number of fused-ring (bicyclic) bond motifs is 2. The van der Waals surface area contributed by atoms with E-state index in [1.54, 1.807) is 11.1 Å². The average Bonchev–Trinajstić information content (AvgIpc) is 3.07. The molecule has 3 fully saturated rings. The maximum absolute atomic E-state index is 3.94. The van der Waals surface area contributed by atoms with E-state index in [1.807, 2.05) is 4.90 Å². The van der Waals surface area contributed by atoms with Crippen molar-refractivity contribution < 1.29 is 4.90 Å². The predicted molar refractivity (Wildman–Crippen MR) is 85.7 cm³/mol. The molecule has 2 nitrogen and oxygen atoms in total. The van der Waals surface area contributed by atoms with Gasteiger partial charge in [0.05, 0.1) is 18.5 Å². The number of hydrogen-bond donors (Lipinski definition) is 2. The third-order valence-corrected chi connectivity index (χ3v) is 7.20. The van der Waals surface area contributed by atoms with Gasteiger partial charge in [-0.25, -0.2) is 0 Å². The highest BCUT2D eigenvalue weighted by Crippen LogP contribution is 2.56. The molecule has 1 aromatic rings. The molecule has 0 amide bonds. The van der Waals surface area contributed by atoms with Crippen LogP contribution >= 0.6 is 0 Å². The van der Waals surface area contributed by atoms with E-state index in [-0.39, 0.29) is 0 Å². The quantitative estimate of drug-likeness (QED) is 0.695. The van der Waals surface area contributed by atoms with E-state index in [0.29, 0.717) is 11.5 Å². The summed E-state index contributed by atoms with van der Waals surface area (Å²) in [6.07, 6.45) is 5.19. The van der Waals surface area contributed by atoms with Crippen LogP contribution in [0.25, 0.3) is 0 Å². The van der Waals surface area contributed by atoms with Crippen LogP contribution in [0.1, 0.15) is 32.3 Å². The number of piperidine rings is 1. The average molecular weight is 281 g/mol. The van der Waals surface area contributed by atoms with Gasteiger partial charge in [-0.3, -0.25) is 0 Å². The van der Waals surface area contributed by atoms with Crippen molar-refractivity contribution in [3.05, 3.63) is 41.5 Å². The van der Waals surface area contributed by atoms with E-state index in [4.69, 9.17) is 0 Å². The minimum atomic E-state index is 0.418. The van der Waals surface area contributed by atoms with Crippen molar-refractivity contribution in [1.82, 2.24) is 0 Å². The van der Waals surface area contributed by atoms with Gasteiger partial charge in [-0.1, -0.05) is 31.2 Å². The van der Waals surface area contributed by atoms with Crippen molar-refractivity contribution in [2.24, 2.45) is 11.8 Å². The second-order valence-corrected chi connectivity index (χ2v) is 7.66. The largest absolute Gasteiger partial charge is 0.381 e. The zero-order valence-electron chi connectivity index (χ0n) is 13.0. The van der Waals surface area contributed by atoms with E-state index in [2.05, 4.69) is 49.5 Å². The van der Waals surface area contributed by atoms with Crippen LogP contribution in [-0.2, 0) is 5.41 Å². The van der Waals surface area contributed by atoms with Crippen LogP contribution in [0.5, 0.6) is 0 Å². The Bertz CT molecular complexity index is 634. The smallest absolute Gasteiger partial charge is 0.100 e. The van der Waals surface area contributed by atoms with Crippen LogP contribution in [-0.4, -0.2) is 25.2 Å². The Morgan fingerprint density at radius 3 is 3.05 bits per heavy atom. The Kier molecular flexibility index (Phi) is 2.29. The Morgan fingerprint density at radius 1 is 1.33 bits per heavy atom. The first-order chi connectivity index (χ1) is 10.3. The van der Waals surface area contributed by atoms with Crippen molar-refractivity contribution in [2.75, 3.05) is 18.4 Å². The molecular weight excluding hydrogens is 256 g/mol. The number of hydrogen-bond acceptors (Lipinski definition) is 1. The van der Waals surface area contributed by atoms with Gasteiger partial charge >= 0.3 is 0 Å². The second-order valence-electron chi connectivity index (χ2n) is 7.66. The Hall–Kier alpha value is -1.28. The van der Waals surface area contributed by atoms with Crippen molar-refractivity contribution in [3.8, 4) is 0 Å². The fourth-order valence-electron chi connectivity index (χ4n) is 6.34. The summed E-state index contributed by atoms with van der Waals surface area (Å²) in [7, 11) is 0. The second kappa shape index (κ2) is 3.92. The van der Waals surface area contributed by atoms with Crippen LogP contribution in [0.4, 0.5) is 5.69 Å². The summed E-state index contributed by atoms with van der Waals surface area (Å²) in [5.74, 6) is 1.56. The summed E-state index contributed by atoms with van der Waals surface area (Å²) in [4.78, 5) is 1.86. The lowest BCUT2D eigenvalue weighted by molar-refractivity contribution is -0.916. The molecule has 2 heteroatoms. The molecule has 0 radical (unpaired) electrons. The minimum Gasteiger partial charge on any atom is -0.381 e. The van der Waals surface area contributed by atoms with Gasteiger partial charge < -0.3 is 10.2 Å². The van der Waals surface area contributed by atoms with E-state index in [0.717, 1.165) is 17.9 Å². The zero-order chi connectivity index (χ0) is 14.2. The maximum Gasteiger partial charge on any atom is 0.100 e. The fourth-order valence-corrected chi connectivity index (χ4v) is 6.34. The maximum atomic E-state index is 3.94. The standard InChI is InChI=1S/C19H24N2/c1-3-13-11-21-9-8-19-15-6-4-5-7-16(15)20-18(19)12(2)14(13)10-17(19)21/h3-7,12,14,17-18,20H,8-11H2,1-2H3/p+1/b13-3-/t12-,14+,17-,18-,19+/m0/s1. The molecule has 2 N–H and O–H groups in total. The molecule has 6 atom stereocenters. The molecular formula is C19H25N2+. The van der Waals surface area contributed by atoms with Crippen LogP contribution in [0, 0.1) is 11.8 Å². The molecule has 0 aromatic heterocycles. The Morgan fingerprint density at radius 2 is 2.19 bits per heavy atom. The highest BCUT2D eigenvalue weighted by atomic mass is 15.2. The van der Waals surface area contributed by atoms with Gasteiger partial charge in [0, 0.05) is 24.6 Å². The number of benzene rings is 1. The lowest BCUT2D eigenvalue weighted by atomic mass is 9.56. The topological polar surface area (TPSA) is 16.5 Å². The Labute approximate surface area is 127 Å². The van der Waals surface area contributed by atoms with E-state index in [9.17, 15) is 0 Å². The zero-order valence-corrected chi connectivity index (χ0v) is 13.0. The highest BCUT2D eigenvalue weighted by molar-refractivity contribution is 5.64. The number of allylic oxidation sites excluding steroid dienone is 1. The van der Waals surface area contributed by atoms with Crippen molar-refractivity contribution >= 4 is 5.69 Å². The lowest BCUT2D eigenvalue weighted by Gasteiger charge is -2.51. The first-order valence-electron chi connectivity index (χ1n) is 8.61. The van der Waals surface area contributed by atoms with E-state index >= 15 is 0 Å². The van der Waals surface area contributed by atoms with Crippen molar-refractivity contribution in [3.63, 3.8) is 0 Å². The monoisotopic (exact) mass is 281 g/mol. The number of para-hydroxylation sites is 1. The lowest BCUT2D eigenvalue weighted by Crippen LogP contribution is -3.16.